The Morgan fingerprint density at radius 2 is 1.80 bits per heavy atom. The van der Waals surface area contributed by atoms with Gasteiger partial charge in [-0.2, -0.15) is 0 Å². The van der Waals surface area contributed by atoms with Crippen LogP contribution in [-0.2, 0) is 9.53 Å². The minimum Gasteiger partial charge on any atom is -0.632 e. The summed E-state index contributed by atoms with van der Waals surface area (Å²) in [7, 11) is 0. The molecule has 242 valence electrons. The second kappa shape index (κ2) is 14.1. The first-order valence-electron chi connectivity index (χ1n) is 15.7. The van der Waals surface area contributed by atoms with Crippen LogP contribution in [0.25, 0.3) is 10.6 Å². The Morgan fingerprint density at radius 1 is 1.07 bits per heavy atom. The summed E-state index contributed by atoms with van der Waals surface area (Å²) in [6, 6.07) is 3.71. The number of hydrogen-bond donors (Lipinski definition) is 1. The third kappa shape index (κ3) is 7.26. The fraction of sp³-hybridized carbons (Fsp3) is 0.548. The van der Waals surface area contributed by atoms with E-state index in [1.807, 2.05) is 23.3 Å². The second-order valence-electron chi connectivity index (χ2n) is 12.0. The zero-order chi connectivity index (χ0) is 31.6. The molecule has 5 heterocycles. The number of piperidine rings is 1. The summed E-state index contributed by atoms with van der Waals surface area (Å²) in [6.07, 6.45) is 8.41. The van der Waals surface area contributed by atoms with Gasteiger partial charge in [0.15, 0.2) is 5.13 Å². The van der Waals surface area contributed by atoms with Crippen molar-refractivity contribution in [2.75, 3.05) is 61.0 Å². The molecule has 1 amide bonds. The number of pyridine rings is 1. The molecule has 0 bridgehead atoms. The number of carbonyl (C=O) groups excluding carboxylic acids is 2. The van der Waals surface area contributed by atoms with Gasteiger partial charge in [-0.25, -0.2) is 9.97 Å². The maximum Gasteiger partial charge on any atom is 0.309 e. The molecule has 3 aromatic heterocycles. The summed E-state index contributed by atoms with van der Waals surface area (Å²) in [6.45, 7) is 5.81. The SMILES string of the molecule is CCOC(=O)C1CCN(c2ncc(C(=O)Nc3nc(-c4cc(Cl)cs4)c(N4CC[N+]([O-])(C5CCCCC5)CC4)s3)cc2Cl)CC1. The van der Waals surface area contributed by atoms with Gasteiger partial charge >= 0.3 is 5.97 Å². The maximum atomic E-state index is 13.7. The molecule has 6 rings (SSSR count). The Bertz CT molecular complexity index is 1510. The number of nitrogens with one attached hydrogen (secondary N) is 1. The van der Waals surface area contributed by atoms with E-state index in [4.69, 9.17) is 32.9 Å². The van der Waals surface area contributed by atoms with Crippen LogP contribution in [0.15, 0.2) is 23.7 Å². The van der Waals surface area contributed by atoms with E-state index < -0.39 is 0 Å². The Labute approximate surface area is 281 Å². The Hall–Kier alpha value is -2.48. The summed E-state index contributed by atoms with van der Waals surface area (Å²) in [4.78, 5) is 40.0. The third-order valence-corrected chi connectivity index (χ3v) is 11.7. The number of thiazole rings is 1. The topological polar surface area (TPSA) is 111 Å². The van der Waals surface area contributed by atoms with Crippen LogP contribution in [0.5, 0.6) is 0 Å². The summed E-state index contributed by atoms with van der Waals surface area (Å²) in [5, 5.41) is 20.9. The van der Waals surface area contributed by atoms with Gasteiger partial charge in [0.2, 0.25) is 0 Å². The number of anilines is 3. The van der Waals surface area contributed by atoms with Gasteiger partial charge in [0.25, 0.3) is 5.91 Å². The van der Waals surface area contributed by atoms with Gasteiger partial charge in [0.05, 0.1) is 65.2 Å². The molecule has 1 N–H and O–H groups in total. The van der Waals surface area contributed by atoms with E-state index >= 15 is 0 Å². The van der Waals surface area contributed by atoms with Crippen LogP contribution in [0.1, 0.15) is 62.2 Å². The number of hydrogen-bond acceptors (Lipinski definition) is 10. The van der Waals surface area contributed by atoms with Crippen LogP contribution in [0.2, 0.25) is 10.0 Å². The van der Waals surface area contributed by atoms with Crippen LogP contribution in [0, 0.1) is 11.1 Å². The van der Waals surface area contributed by atoms with Crippen molar-refractivity contribution in [3.05, 3.63) is 44.5 Å². The Morgan fingerprint density at radius 3 is 2.44 bits per heavy atom. The number of esters is 1. The van der Waals surface area contributed by atoms with E-state index in [2.05, 4.69) is 15.2 Å². The van der Waals surface area contributed by atoms with Crippen molar-refractivity contribution >= 4 is 73.7 Å². The standard InChI is InChI=1S/C31H38Cl2N6O4S2/c1-2-43-30(41)20-8-10-37(11-9-20)27-24(33)16-21(18-34-27)28(40)36-31-35-26(25-17-22(32)19-44-25)29(45-31)38-12-14-39(42,15-13-38)23-6-4-3-5-7-23/h16-20,23H,2-15H2,1H3,(H,35,36,40). The molecule has 1 saturated carbocycles. The lowest BCUT2D eigenvalue weighted by Crippen LogP contribution is -2.61. The van der Waals surface area contributed by atoms with Gasteiger partial charge in [-0.3, -0.25) is 14.9 Å². The lowest BCUT2D eigenvalue weighted by atomic mass is 9.93. The van der Waals surface area contributed by atoms with Gasteiger partial charge in [-0.05, 0) is 57.6 Å². The molecule has 0 atom stereocenters. The Balaban J connectivity index is 1.14. The lowest BCUT2D eigenvalue weighted by Gasteiger charge is -2.54. The first-order valence-corrected chi connectivity index (χ1v) is 18.2. The highest BCUT2D eigenvalue weighted by Crippen LogP contribution is 2.43. The molecule has 2 saturated heterocycles. The molecule has 10 nitrogen and oxygen atoms in total. The summed E-state index contributed by atoms with van der Waals surface area (Å²) < 4.78 is 5.06. The molecule has 45 heavy (non-hydrogen) atoms. The van der Waals surface area contributed by atoms with Crippen LogP contribution in [0.4, 0.5) is 16.0 Å². The summed E-state index contributed by atoms with van der Waals surface area (Å²) in [5.41, 5.74) is 1.08. The van der Waals surface area contributed by atoms with Crippen molar-refractivity contribution in [1.29, 1.82) is 0 Å². The molecule has 3 aromatic rings. The van der Waals surface area contributed by atoms with E-state index in [1.165, 1.54) is 35.3 Å². The minimum absolute atomic E-state index is 0.105. The molecular formula is C31H38Cl2N6O4S2. The van der Waals surface area contributed by atoms with Crippen LogP contribution in [-0.4, -0.2) is 78.4 Å². The van der Waals surface area contributed by atoms with Gasteiger partial charge in [0, 0.05) is 24.7 Å². The predicted octanol–water partition coefficient (Wildman–Crippen LogP) is 7.07. The molecule has 2 aliphatic heterocycles. The largest absolute Gasteiger partial charge is 0.632 e. The van der Waals surface area contributed by atoms with Crippen molar-refractivity contribution in [3.8, 4) is 10.6 Å². The van der Waals surface area contributed by atoms with Gasteiger partial charge < -0.3 is 24.4 Å². The number of ether oxygens (including phenoxy) is 1. The number of carbonyl (C=O) groups is 2. The molecular weight excluding hydrogens is 655 g/mol. The van der Waals surface area contributed by atoms with E-state index in [9.17, 15) is 14.8 Å². The van der Waals surface area contributed by atoms with Crippen molar-refractivity contribution in [3.63, 3.8) is 0 Å². The summed E-state index contributed by atoms with van der Waals surface area (Å²) >= 11 is 15.8. The molecule has 3 aliphatic rings. The van der Waals surface area contributed by atoms with E-state index in [-0.39, 0.29) is 28.5 Å². The van der Waals surface area contributed by atoms with Gasteiger partial charge in [0.1, 0.15) is 16.5 Å². The maximum absolute atomic E-state index is 13.7. The monoisotopic (exact) mass is 692 g/mol. The van der Waals surface area contributed by atoms with Crippen molar-refractivity contribution in [2.24, 2.45) is 5.92 Å². The highest BCUT2D eigenvalue weighted by molar-refractivity contribution is 7.21. The van der Waals surface area contributed by atoms with Crippen LogP contribution < -0.4 is 15.1 Å². The van der Waals surface area contributed by atoms with Crippen molar-refractivity contribution in [2.45, 2.75) is 57.9 Å². The van der Waals surface area contributed by atoms with Gasteiger partial charge in [-0.1, -0.05) is 41.0 Å². The van der Waals surface area contributed by atoms with E-state index in [0.717, 1.165) is 41.3 Å². The van der Waals surface area contributed by atoms with Crippen LogP contribution in [0.3, 0.4) is 0 Å². The third-order valence-electron chi connectivity index (χ3n) is 9.15. The number of quaternary nitrogens is 1. The number of hydroxylamine groups is 3. The lowest BCUT2D eigenvalue weighted by molar-refractivity contribution is -0.907. The number of aromatic nitrogens is 2. The fourth-order valence-corrected chi connectivity index (χ4v) is 9.09. The molecule has 0 radical (unpaired) electrons. The number of piperazine rings is 1. The molecule has 14 heteroatoms. The molecule has 3 fully saturated rings. The number of halogens is 2. The van der Waals surface area contributed by atoms with Crippen LogP contribution >= 0.6 is 45.9 Å². The first kappa shape index (κ1) is 32.5. The average Bonchev–Trinajstić information content (AvgIpc) is 3.68. The van der Waals surface area contributed by atoms with Gasteiger partial charge in [-0.15, -0.1) is 11.3 Å². The van der Waals surface area contributed by atoms with E-state index in [1.54, 1.807) is 6.07 Å². The number of amides is 1. The summed E-state index contributed by atoms with van der Waals surface area (Å²) in [5.74, 6) is -0.0438. The highest BCUT2D eigenvalue weighted by Gasteiger charge is 2.36. The zero-order valence-electron chi connectivity index (χ0n) is 25.3. The zero-order valence-corrected chi connectivity index (χ0v) is 28.4. The molecule has 1 aliphatic carbocycles. The quantitative estimate of drug-likeness (QED) is 0.152. The van der Waals surface area contributed by atoms with Crippen molar-refractivity contribution < 1.29 is 19.0 Å². The number of rotatable bonds is 8. The Kier molecular flexibility index (Phi) is 10.2. The first-order chi connectivity index (χ1) is 21.7. The normalized spacial score (nSPS) is 19.5. The number of nitrogens with zero attached hydrogens (tertiary/aromatic N) is 5. The van der Waals surface area contributed by atoms with E-state index in [0.29, 0.717) is 85.3 Å². The fourth-order valence-electron chi connectivity index (χ4n) is 6.64. The highest BCUT2D eigenvalue weighted by atomic mass is 35.5. The predicted molar refractivity (Wildman–Crippen MR) is 182 cm³/mol. The molecule has 0 spiro atoms. The van der Waals surface area contributed by atoms with Crippen molar-refractivity contribution in [1.82, 2.24) is 9.97 Å². The average molecular weight is 694 g/mol. The second-order valence-corrected chi connectivity index (χ2v) is 14.7. The minimum atomic E-state index is -0.362. The smallest absolute Gasteiger partial charge is 0.309 e. The molecule has 0 aromatic carbocycles. The number of thiophene rings is 1. The molecule has 0 unspecified atom stereocenters.